The van der Waals surface area contributed by atoms with E-state index in [9.17, 15) is 0 Å². The van der Waals surface area contributed by atoms with Gasteiger partial charge in [-0.1, -0.05) is 54.6 Å². The van der Waals surface area contributed by atoms with E-state index in [2.05, 4.69) is 24.3 Å². The number of hydrogen-bond donors (Lipinski definition) is 1. The highest BCUT2D eigenvalue weighted by Gasteiger charge is 1.96. The van der Waals surface area contributed by atoms with Crippen LogP contribution in [0, 0.1) is 0 Å². The monoisotopic (exact) mass is 200 g/mol. The summed E-state index contributed by atoms with van der Waals surface area (Å²) in [6.07, 6.45) is 0. The summed E-state index contributed by atoms with van der Waals surface area (Å²) in [5, 5.41) is 1.09. The molecule has 2 aromatic carbocycles. The Kier molecular flexibility index (Phi) is 2.77. The van der Waals surface area contributed by atoms with Crippen molar-refractivity contribution in [1.82, 2.24) is 0 Å². The van der Waals surface area contributed by atoms with Crippen LogP contribution in [0.2, 0.25) is 0 Å². The van der Waals surface area contributed by atoms with Crippen LogP contribution in [0.15, 0.2) is 54.6 Å². The van der Waals surface area contributed by atoms with E-state index >= 15 is 0 Å². The first-order chi connectivity index (χ1) is 6.90. The van der Waals surface area contributed by atoms with Crippen molar-refractivity contribution in [2.75, 3.05) is 0 Å². The van der Waals surface area contributed by atoms with Gasteiger partial charge in [-0.25, -0.2) is 0 Å². The van der Waals surface area contributed by atoms with E-state index in [0.29, 0.717) is 0 Å². The fourth-order valence-corrected chi connectivity index (χ4v) is 1.88. The Morgan fingerprint density at radius 3 is 1.86 bits per heavy atom. The minimum absolute atomic E-state index is 1.00. The lowest BCUT2D eigenvalue weighted by Crippen LogP contribution is -2.11. The molecule has 0 heterocycles. The van der Waals surface area contributed by atoms with Gasteiger partial charge in [0.2, 0.25) is 0 Å². The molecule has 0 saturated heterocycles. The minimum atomic E-state index is -1.00. The predicted octanol–water partition coefficient (Wildman–Crippen LogP) is 1.05. The average Bonchev–Trinajstić information content (AvgIpc) is 2.30. The second-order valence-corrected chi connectivity index (χ2v) is 4.35. The molecule has 0 radical (unpaired) electrons. The van der Waals surface area contributed by atoms with Gasteiger partial charge in [-0.15, -0.1) is 0 Å². The quantitative estimate of drug-likeness (QED) is 0.719. The summed E-state index contributed by atoms with van der Waals surface area (Å²) in [6.45, 7) is 0. The molecule has 0 unspecified atom stereocenters. The summed E-state index contributed by atoms with van der Waals surface area (Å²) in [5.74, 6) is 0. The van der Waals surface area contributed by atoms with Gasteiger partial charge >= 0.3 is 0 Å². The zero-order chi connectivity index (χ0) is 9.80. The molecule has 0 atom stereocenters. The zero-order valence-corrected chi connectivity index (χ0v) is 9.26. The predicted molar refractivity (Wildman–Crippen MR) is 62.3 cm³/mol. The van der Waals surface area contributed by atoms with E-state index in [1.807, 2.05) is 30.3 Å². The van der Waals surface area contributed by atoms with Gasteiger partial charge < -0.3 is 4.80 Å². The molecule has 0 spiro atoms. The van der Waals surface area contributed by atoms with Crippen molar-refractivity contribution in [2.24, 2.45) is 0 Å². The Morgan fingerprint density at radius 2 is 1.29 bits per heavy atom. The third kappa shape index (κ3) is 1.92. The smallest absolute Gasteiger partial charge is 0.187 e. The molecule has 2 aromatic rings. The van der Waals surface area contributed by atoms with E-state index in [-0.39, 0.29) is 0 Å². The Labute approximate surface area is 86.0 Å². The van der Waals surface area contributed by atoms with Crippen molar-refractivity contribution in [3.05, 3.63) is 54.6 Å². The lowest BCUT2D eigenvalue weighted by Gasteiger charge is -2.01. The second-order valence-electron chi connectivity index (χ2n) is 3.22. The van der Waals surface area contributed by atoms with Crippen molar-refractivity contribution in [3.8, 4) is 11.1 Å². The second kappa shape index (κ2) is 4.22. The summed E-state index contributed by atoms with van der Waals surface area (Å²) < 4.78 is 0. The van der Waals surface area contributed by atoms with Crippen LogP contribution in [0.1, 0.15) is 0 Å². The summed E-state index contributed by atoms with van der Waals surface area (Å²) in [6, 6.07) is 18.4. The normalized spacial score (nSPS) is 10.9. The highest BCUT2D eigenvalue weighted by atomic mass is 28.2. The largest absolute Gasteiger partial charge is 0.433 e. The van der Waals surface area contributed by atoms with E-state index in [1.54, 1.807) is 0 Å². The summed E-state index contributed by atoms with van der Waals surface area (Å²) in [7, 11) is -1.00. The van der Waals surface area contributed by atoms with Gasteiger partial charge in [0, 0.05) is 0 Å². The molecule has 0 aliphatic rings. The Bertz CT molecular complexity index is 394. The van der Waals surface area contributed by atoms with Gasteiger partial charge in [0.25, 0.3) is 0 Å². The third-order valence-electron chi connectivity index (χ3n) is 2.24. The first kappa shape index (κ1) is 9.18. The minimum Gasteiger partial charge on any atom is -0.433 e. The number of benzene rings is 2. The fraction of sp³-hybridized carbons (Fsp3) is 0. The van der Waals surface area contributed by atoms with Crippen LogP contribution in [0.5, 0.6) is 0 Å². The van der Waals surface area contributed by atoms with Crippen molar-refractivity contribution in [1.29, 1.82) is 0 Å². The lowest BCUT2D eigenvalue weighted by molar-refractivity contribution is 0.615. The molecule has 0 amide bonds. The maximum absolute atomic E-state index is 9.04. The molecule has 2 rings (SSSR count). The highest BCUT2D eigenvalue weighted by Crippen LogP contribution is 2.16. The van der Waals surface area contributed by atoms with Crippen LogP contribution in [0.3, 0.4) is 0 Å². The van der Waals surface area contributed by atoms with E-state index < -0.39 is 9.76 Å². The highest BCUT2D eigenvalue weighted by molar-refractivity contribution is 6.45. The molecule has 0 bridgehead atoms. The molecule has 1 N–H and O–H groups in total. The molecule has 0 fully saturated rings. The molecular formula is C12H12OSi. The summed E-state index contributed by atoms with van der Waals surface area (Å²) >= 11 is 0. The van der Waals surface area contributed by atoms with Gasteiger partial charge in [0.15, 0.2) is 9.76 Å². The maximum Gasteiger partial charge on any atom is 0.187 e. The van der Waals surface area contributed by atoms with Crippen LogP contribution in [-0.2, 0) is 0 Å². The van der Waals surface area contributed by atoms with Crippen LogP contribution in [0.25, 0.3) is 11.1 Å². The van der Waals surface area contributed by atoms with Crippen LogP contribution >= 0.6 is 0 Å². The summed E-state index contributed by atoms with van der Waals surface area (Å²) in [5.41, 5.74) is 2.43. The van der Waals surface area contributed by atoms with Gasteiger partial charge in [0.05, 0.1) is 0 Å². The van der Waals surface area contributed by atoms with Gasteiger partial charge in [-0.05, 0) is 16.3 Å². The van der Waals surface area contributed by atoms with Gasteiger partial charge in [-0.2, -0.15) is 0 Å². The third-order valence-corrected chi connectivity index (χ3v) is 3.08. The first-order valence-corrected chi connectivity index (χ1v) is 5.99. The Morgan fingerprint density at radius 1 is 0.714 bits per heavy atom. The zero-order valence-electron chi connectivity index (χ0n) is 7.85. The van der Waals surface area contributed by atoms with Crippen LogP contribution in [0.4, 0.5) is 0 Å². The van der Waals surface area contributed by atoms with Gasteiger partial charge in [-0.3, -0.25) is 0 Å². The molecule has 0 saturated carbocycles. The molecule has 0 aliphatic heterocycles. The van der Waals surface area contributed by atoms with E-state index in [4.69, 9.17) is 4.80 Å². The molecule has 0 aromatic heterocycles. The number of rotatable bonds is 2. The van der Waals surface area contributed by atoms with E-state index in [1.165, 1.54) is 11.1 Å². The molecule has 70 valence electrons. The lowest BCUT2D eigenvalue weighted by atomic mass is 10.1. The topological polar surface area (TPSA) is 20.2 Å². The maximum atomic E-state index is 9.04. The van der Waals surface area contributed by atoms with E-state index in [0.717, 1.165) is 5.19 Å². The Hall–Kier alpha value is -1.38. The summed E-state index contributed by atoms with van der Waals surface area (Å²) in [4.78, 5) is 9.04. The van der Waals surface area contributed by atoms with Crippen LogP contribution < -0.4 is 5.19 Å². The molecule has 2 heteroatoms. The standard InChI is InChI=1S/C12H12OSi/c13-14-12-8-6-11(7-9-12)10-4-2-1-3-5-10/h1-9,13H,14H2. The SMILES string of the molecule is O[SiH2]c1ccc(-c2ccccc2)cc1. The Balaban J connectivity index is 2.34. The molecule has 0 aliphatic carbocycles. The molecule has 14 heavy (non-hydrogen) atoms. The van der Waals surface area contributed by atoms with Crippen molar-refractivity contribution >= 4 is 14.9 Å². The van der Waals surface area contributed by atoms with Gasteiger partial charge in [0.1, 0.15) is 0 Å². The fourth-order valence-electron chi connectivity index (χ4n) is 1.43. The molecular weight excluding hydrogens is 188 g/mol. The first-order valence-electron chi connectivity index (χ1n) is 4.65. The number of hydrogen-bond acceptors (Lipinski definition) is 1. The van der Waals surface area contributed by atoms with Crippen molar-refractivity contribution in [3.63, 3.8) is 0 Å². The average molecular weight is 200 g/mol. The molecule has 1 nitrogen and oxygen atoms in total. The van der Waals surface area contributed by atoms with Crippen LogP contribution in [-0.4, -0.2) is 14.6 Å². The van der Waals surface area contributed by atoms with Crippen molar-refractivity contribution in [2.45, 2.75) is 0 Å². The van der Waals surface area contributed by atoms with Crippen molar-refractivity contribution < 1.29 is 4.80 Å².